The lowest BCUT2D eigenvalue weighted by Gasteiger charge is -2.15. The maximum absolute atomic E-state index is 13.6. The predicted octanol–water partition coefficient (Wildman–Crippen LogP) is 6.10. The number of thioether (sulfide) groups is 1. The van der Waals surface area contributed by atoms with E-state index in [0.29, 0.717) is 16.7 Å². The smallest absolute Gasteiger partial charge is 0.241 e. The van der Waals surface area contributed by atoms with Gasteiger partial charge in [0.15, 0.2) is 10.9 Å². The van der Waals surface area contributed by atoms with Crippen LogP contribution in [0.4, 0.5) is 0 Å². The number of benzene rings is 2. The molecule has 0 fully saturated rings. The second-order valence-corrected chi connectivity index (χ2v) is 9.56. The quantitative estimate of drug-likeness (QED) is 0.292. The number of hydrogen-bond acceptors (Lipinski definition) is 5. The van der Waals surface area contributed by atoms with E-state index in [9.17, 15) is 4.79 Å². The van der Waals surface area contributed by atoms with Gasteiger partial charge in [-0.05, 0) is 68.5 Å². The van der Waals surface area contributed by atoms with Gasteiger partial charge in [0.2, 0.25) is 11.7 Å². The van der Waals surface area contributed by atoms with Crippen LogP contribution >= 0.6 is 11.8 Å². The number of furan rings is 1. The maximum Gasteiger partial charge on any atom is 0.241 e. The van der Waals surface area contributed by atoms with E-state index in [1.54, 1.807) is 6.26 Å². The molecular formula is C27H24N4O2S. The Labute approximate surface area is 201 Å². The number of rotatable bonds is 5. The first kappa shape index (κ1) is 21.0. The van der Waals surface area contributed by atoms with Crippen molar-refractivity contribution in [2.24, 2.45) is 0 Å². The van der Waals surface area contributed by atoms with E-state index in [0.717, 1.165) is 30.5 Å². The molecule has 3 heterocycles. The van der Waals surface area contributed by atoms with Gasteiger partial charge in [0.25, 0.3) is 0 Å². The van der Waals surface area contributed by atoms with Crippen molar-refractivity contribution in [1.29, 1.82) is 0 Å². The molecule has 170 valence electrons. The number of fused-ring (bicyclic) bond motifs is 3. The Hall–Kier alpha value is -3.58. The van der Waals surface area contributed by atoms with E-state index in [1.165, 1.54) is 40.4 Å². The SMILES string of the molecule is Cc1ccc(-n2c(SCC(=O)n3c4c(c5ccccc53)CCCC4)nnc2-c2ccco2)cc1. The van der Waals surface area contributed by atoms with E-state index in [4.69, 9.17) is 4.42 Å². The van der Waals surface area contributed by atoms with Crippen LogP contribution in [0.25, 0.3) is 28.2 Å². The van der Waals surface area contributed by atoms with E-state index in [2.05, 4.69) is 47.5 Å². The molecule has 0 unspecified atom stereocenters. The van der Waals surface area contributed by atoms with Crippen molar-refractivity contribution < 1.29 is 9.21 Å². The molecule has 0 amide bonds. The van der Waals surface area contributed by atoms with Crippen LogP contribution in [0.15, 0.2) is 76.5 Å². The first-order chi connectivity index (χ1) is 16.7. The third kappa shape index (κ3) is 3.56. The monoisotopic (exact) mass is 468 g/mol. The van der Waals surface area contributed by atoms with E-state index in [1.807, 2.05) is 39.5 Å². The van der Waals surface area contributed by atoms with Crippen molar-refractivity contribution in [2.45, 2.75) is 37.8 Å². The Morgan fingerprint density at radius 1 is 1.00 bits per heavy atom. The lowest BCUT2D eigenvalue weighted by atomic mass is 9.96. The molecule has 0 atom stereocenters. The van der Waals surface area contributed by atoms with Gasteiger partial charge in [0, 0.05) is 16.8 Å². The molecule has 5 aromatic rings. The molecule has 6 nitrogen and oxygen atoms in total. The number of nitrogens with zero attached hydrogens (tertiary/aromatic N) is 4. The minimum atomic E-state index is 0.0716. The number of para-hydroxylation sites is 1. The average Bonchev–Trinajstić information content (AvgIpc) is 3.60. The summed E-state index contributed by atoms with van der Waals surface area (Å²) in [6, 6.07) is 20.1. The molecule has 2 aromatic carbocycles. The molecule has 0 spiro atoms. The van der Waals surface area contributed by atoms with Crippen LogP contribution in [0.1, 0.15) is 34.5 Å². The number of carbonyl (C=O) groups is 1. The fourth-order valence-electron chi connectivity index (χ4n) is 4.83. The van der Waals surface area contributed by atoms with Gasteiger partial charge in [-0.3, -0.25) is 13.9 Å². The summed E-state index contributed by atoms with van der Waals surface area (Å²) in [6.45, 7) is 2.06. The summed E-state index contributed by atoms with van der Waals surface area (Å²) < 4.78 is 9.51. The lowest BCUT2D eigenvalue weighted by molar-refractivity contribution is 0.0943. The van der Waals surface area contributed by atoms with Crippen LogP contribution in [-0.4, -0.2) is 31.0 Å². The van der Waals surface area contributed by atoms with E-state index >= 15 is 0 Å². The zero-order valence-electron chi connectivity index (χ0n) is 18.9. The fraction of sp³-hybridized carbons (Fsp3) is 0.222. The number of aryl methyl sites for hydroxylation is 2. The topological polar surface area (TPSA) is 65.8 Å². The van der Waals surface area contributed by atoms with Crippen LogP contribution in [0.3, 0.4) is 0 Å². The molecule has 1 aliphatic rings. The molecular weight excluding hydrogens is 444 g/mol. The van der Waals surface area contributed by atoms with E-state index < -0.39 is 0 Å². The third-order valence-electron chi connectivity index (χ3n) is 6.42. The van der Waals surface area contributed by atoms with Gasteiger partial charge in [0.05, 0.1) is 17.5 Å². The third-order valence-corrected chi connectivity index (χ3v) is 7.33. The van der Waals surface area contributed by atoms with Crippen LogP contribution in [0, 0.1) is 6.92 Å². The molecule has 7 heteroatoms. The van der Waals surface area contributed by atoms with Gasteiger partial charge in [-0.15, -0.1) is 10.2 Å². The van der Waals surface area contributed by atoms with Gasteiger partial charge in [-0.25, -0.2) is 0 Å². The Morgan fingerprint density at radius 3 is 2.65 bits per heavy atom. The zero-order chi connectivity index (χ0) is 23.1. The Balaban J connectivity index is 1.36. The van der Waals surface area contributed by atoms with Crippen LogP contribution in [0.5, 0.6) is 0 Å². The summed E-state index contributed by atoms with van der Waals surface area (Å²) in [5, 5.41) is 10.7. The highest BCUT2D eigenvalue weighted by atomic mass is 32.2. The second kappa shape index (κ2) is 8.65. The highest BCUT2D eigenvalue weighted by Gasteiger charge is 2.24. The Kier molecular flexibility index (Phi) is 5.34. The Morgan fingerprint density at radius 2 is 1.82 bits per heavy atom. The fourth-order valence-corrected chi connectivity index (χ4v) is 5.63. The maximum atomic E-state index is 13.6. The van der Waals surface area contributed by atoms with Crippen molar-refractivity contribution in [3.63, 3.8) is 0 Å². The first-order valence-corrected chi connectivity index (χ1v) is 12.5. The van der Waals surface area contributed by atoms with Crippen LogP contribution < -0.4 is 0 Å². The van der Waals surface area contributed by atoms with Crippen LogP contribution in [-0.2, 0) is 12.8 Å². The minimum Gasteiger partial charge on any atom is -0.461 e. The van der Waals surface area contributed by atoms with Crippen molar-refractivity contribution in [3.8, 4) is 17.3 Å². The summed E-state index contributed by atoms with van der Waals surface area (Å²) in [5.41, 5.74) is 5.62. The summed E-state index contributed by atoms with van der Waals surface area (Å²) in [7, 11) is 0. The molecule has 0 saturated heterocycles. The molecule has 0 aliphatic heterocycles. The normalized spacial score (nSPS) is 13.3. The summed E-state index contributed by atoms with van der Waals surface area (Å²) in [4.78, 5) is 13.6. The largest absolute Gasteiger partial charge is 0.461 e. The van der Waals surface area contributed by atoms with E-state index in [-0.39, 0.29) is 11.7 Å². The molecule has 3 aromatic heterocycles. The molecule has 0 bridgehead atoms. The summed E-state index contributed by atoms with van der Waals surface area (Å²) in [5.74, 6) is 1.60. The molecule has 0 N–H and O–H groups in total. The predicted molar refractivity (Wildman–Crippen MR) is 134 cm³/mol. The number of carbonyl (C=O) groups excluding carboxylic acids is 1. The molecule has 0 saturated carbocycles. The highest BCUT2D eigenvalue weighted by Crippen LogP contribution is 2.33. The molecule has 0 radical (unpaired) electrons. The number of aromatic nitrogens is 4. The Bertz CT molecular complexity index is 1480. The van der Waals surface area contributed by atoms with Gasteiger partial charge >= 0.3 is 0 Å². The van der Waals surface area contributed by atoms with Gasteiger partial charge < -0.3 is 4.42 Å². The van der Waals surface area contributed by atoms with Gasteiger partial charge in [0.1, 0.15) is 0 Å². The summed E-state index contributed by atoms with van der Waals surface area (Å²) >= 11 is 1.41. The first-order valence-electron chi connectivity index (χ1n) is 11.5. The molecule has 6 rings (SSSR count). The second-order valence-electron chi connectivity index (χ2n) is 8.62. The number of hydrogen-bond donors (Lipinski definition) is 0. The van der Waals surface area contributed by atoms with Crippen molar-refractivity contribution >= 4 is 28.6 Å². The minimum absolute atomic E-state index is 0.0716. The zero-order valence-corrected chi connectivity index (χ0v) is 19.7. The average molecular weight is 469 g/mol. The van der Waals surface area contributed by atoms with Crippen molar-refractivity contribution in [3.05, 3.63) is 83.7 Å². The van der Waals surface area contributed by atoms with Gasteiger partial charge in [-0.1, -0.05) is 47.7 Å². The van der Waals surface area contributed by atoms with Crippen molar-refractivity contribution in [1.82, 2.24) is 19.3 Å². The summed E-state index contributed by atoms with van der Waals surface area (Å²) in [6.07, 6.45) is 5.91. The standard InChI is InChI=1S/C27H24N4O2S/c1-18-12-14-19(15-13-18)30-26(24-11-6-16-33-24)28-29-27(30)34-17-25(32)31-22-9-4-2-7-20(22)21-8-3-5-10-23(21)31/h2,4,6-7,9,11-16H,3,5,8,10,17H2,1H3. The molecule has 1 aliphatic carbocycles. The molecule has 34 heavy (non-hydrogen) atoms. The lowest BCUT2D eigenvalue weighted by Crippen LogP contribution is -2.18. The van der Waals surface area contributed by atoms with Crippen LogP contribution in [0.2, 0.25) is 0 Å². The highest BCUT2D eigenvalue weighted by molar-refractivity contribution is 7.99. The van der Waals surface area contributed by atoms with Gasteiger partial charge in [-0.2, -0.15) is 0 Å². The van der Waals surface area contributed by atoms with Crippen molar-refractivity contribution in [2.75, 3.05) is 5.75 Å².